The van der Waals surface area contributed by atoms with Gasteiger partial charge >= 0.3 is 0 Å². The highest BCUT2D eigenvalue weighted by Crippen LogP contribution is 2.08. The third-order valence-electron chi connectivity index (χ3n) is 1.77. The number of nitrogens with two attached hydrogens (primary N) is 1. The maximum Gasteiger partial charge on any atom is 0.0270 e. The van der Waals surface area contributed by atoms with E-state index in [2.05, 4.69) is 12.2 Å². The Labute approximate surface area is 62.6 Å². The van der Waals surface area contributed by atoms with Crippen molar-refractivity contribution in [1.29, 1.82) is 0 Å². The lowest BCUT2D eigenvalue weighted by molar-refractivity contribution is 0.698. The molecule has 0 fully saturated rings. The number of allylic oxidation sites excluding steroid dienone is 3. The highest BCUT2D eigenvalue weighted by molar-refractivity contribution is 5.14. The van der Waals surface area contributed by atoms with E-state index in [-0.39, 0.29) is 0 Å². The molecule has 0 bridgehead atoms. The van der Waals surface area contributed by atoms with Crippen LogP contribution < -0.4 is 5.73 Å². The Kier molecular flexibility index (Phi) is 3.07. The van der Waals surface area contributed by atoms with Gasteiger partial charge in [-0.25, -0.2) is 0 Å². The fraction of sp³-hybridized carbons (Fsp3) is 0.556. The van der Waals surface area contributed by atoms with Gasteiger partial charge in [-0.15, -0.1) is 0 Å². The van der Waals surface area contributed by atoms with E-state index >= 15 is 0 Å². The van der Waals surface area contributed by atoms with Crippen molar-refractivity contribution in [2.24, 2.45) is 5.73 Å². The molecule has 0 saturated carbocycles. The van der Waals surface area contributed by atoms with Crippen molar-refractivity contribution >= 4 is 0 Å². The molecule has 56 valence electrons. The van der Waals surface area contributed by atoms with Gasteiger partial charge in [0.15, 0.2) is 0 Å². The monoisotopic (exact) mass is 137 g/mol. The topological polar surface area (TPSA) is 26.0 Å². The molecule has 0 heterocycles. The minimum Gasteiger partial charge on any atom is -0.399 e. The molecule has 0 aromatic carbocycles. The lowest BCUT2D eigenvalue weighted by atomic mass is 10.1. The molecule has 0 atom stereocenters. The standard InChI is InChI=1S/C9H15N/c10-9-7-5-3-1-2-4-6-8-9/h5,7-8H,1-4,6,10H2/b7-5-,9-8+. The van der Waals surface area contributed by atoms with Crippen LogP contribution in [0, 0.1) is 0 Å². The highest BCUT2D eigenvalue weighted by Gasteiger charge is 1.90. The van der Waals surface area contributed by atoms with Gasteiger partial charge in [0.25, 0.3) is 0 Å². The summed E-state index contributed by atoms with van der Waals surface area (Å²) < 4.78 is 0. The fourth-order valence-electron chi connectivity index (χ4n) is 1.14. The van der Waals surface area contributed by atoms with Crippen molar-refractivity contribution in [3.63, 3.8) is 0 Å². The van der Waals surface area contributed by atoms with E-state index in [4.69, 9.17) is 5.73 Å². The number of hydrogen-bond acceptors (Lipinski definition) is 1. The Hall–Kier alpha value is -0.720. The summed E-state index contributed by atoms with van der Waals surface area (Å²) in [5.74, 6) is 0. The normalized spacial score (nSPS) is 29.0. The van der Waals surface area contributed by atoms with Gasteiger partial charge in [0.05, 0.1) is 0 Å². The SMILES string of the molecule is NC1=C/CCCCC/C=C\1. The predicted molar refractivity (Wildman–Crippen MR) is 44.5 cm³/mol. The van der Waals surface area contributed by atoms with E-state index in [0.29, 0.717) is 0 Å². The third kappa shape index (κ3) is 2.72. The third-order valence-corrected chi connectivity index (χ3v) is 1.77. The lowest BCUT2D eigenvalue weighted by Crippen LogP contribution is -1.91. The molecule has 2 N–H and O–H groups in total. The maximum absolute atomic E-state index is 5.65. The number of rotatable bonds is 0. The smallest absolute Gasteiger partial charge is 0.0270 e. The highest BCUT2D eigenvalue weighted by atomic mass is 14.5. The van der Waals surface area contributed by atoms with Crippen molar-refractivity contribution in [2.45, 2.75) is 32.1 Å². The van der Waals surface area contributed by atoms with E-state index < -0.39 is 0 Å². The van der Waals surface area contributed by atoms with E-state index in [1.165, 1.54) is 25.7 Å². The summed E-state index contributed by atoms with van der Waals surface area (Å²) in [6.07, 6.45) is 12.6. The first-order chi connectivity index (χ1) is 4.89. The van der Waals surface area contributed by atoms with Crippen molar-refractivity contribution in [2.75, 3.05) is 0 Å². The quantitative estimate of drug-likeness (QED) is 0.545. The van der Waals surface area contributed by atoms with E-state index in [0.717, 1.165) is 12.1 Å². The molecule has 0 radical (unpaired) electrons. The Morgan fingerprint density at radius 2 is 1.90 bits per heavy atom. The summed E-state index contributed by atoms with van der Waals surface area (Å²) in [5, 5.41) is 0. The first-order valence-corrected chi connectivity index (χ1v) is 4.02. The van der Waals surface area contributed by atoms with Gasteiger partial charge in [0.1, 0.15) is 0 Å². The minimum absolute atomic E-state index is 0.932. The zero-order chi connectivity index (χ0) is 7.23. The molecule has 1 rings (SSSR count). The average Bonchev–Trinajstić information content (AvgIpc) is 2.02. The summed E-state index contributed by atoms with van der Waals surface area (Å²) in [5.41, 5.74) is 6.58. The van der Waals surface area contributed by atoms with Crippen LogP contribution in [-0.2, 0) is 0 Å². The van der Waals surface area contributed by atoms with Gasteiger partial charge in [-0.05, 0) is 31.8 Å². The van der Waals surface area contributed by atoms with Gasteiger partial charge in [0.2, 0.25) is 0 Å². The van der Waals surface area contributed by atoms with Crippen LogP contribution in [0.3, 0.4) is 0 Å². The minimum atomic E-state index is 0.932. The molecular formula is C9H15N. The molecule has 0 aromatic heterocycles. The van der Waals surface area contributed by atoms with Gasteiger partial charge in [-0.2, -0.15) is 0 Å². The van der Waals surface area contributed by atoms with Crippen LogP contribution in [0.2, 0.25) is 0 Å². The zero-order valence-corrected chi connectivity index (χ0v) is 6.34. The molecule has 0 spiro atoms. The second-order valence-electron chi connectivity index (χ2n) is 2.74. The summed E-state index contributed by atoms with van der Waals surface area (Å²) in [6.45, 7) is 0. The van der Waals surface area contributed by atoms with Gasteiger partial charge in [-0.3, -0.25) is 0 Å². The van der Waals surface area contributed by atoms with Gasteiger partial charge < -0.3 is 5.73 Å². The average molecular weight is 137 g/mol. The molecule has 0 amide bonds. The van der Waals surface area contributed by atoms with Crippen LogP contribution in [0.25, 0.3) is 0 Å². The maximum atomic E-state index is 5.65. The first kappa shape index (κ1) is 7.39. The number of hydrogen-bond donors (Lipinski definition) is 1. The largest absolute Gasteiger partial charge is 0.399 e. The van der Waals surface area contributed by atoms with Gasteiger partial charge in [0, 0.05) is 5.70 Å². The predicted octanol–water partition coefficient (Wildman–Crippen LogP) is 2.35. The molecule has 1 aliphatic rings. The second-order valence-corrected chi connectivity index (χ2v) is 2.74. The molecule has 0 unspecified atom stereocenters. The van der Waals surface area contributed by atoms with Crippen LogP contribution in [0.15, 0.2) is 23.9 Å². The Morgan fingerprint density at radius 3 is 2.80 bits per heavy atom. The van der Waals surface area contributed by atoms with E-state index in [1.807, 2.05) is 6.08 Å². The molecule has 1 aliphatic carbocycles. The van der Waals surface area contributed by atoms with Crippen LogP contribution in [0.4, 0.5) is 0 Å². The molecular weight excluding hydrogens is 122 g/mol. The lowest BCUT2D eigenvalue weighted by Gasteiger charge is -1.92. The molecule has 10 heavy (non-hydrogen) atoms. The summed E-state index contributed by atoms with van der Waals surface area (Å²) >= 11 is 0. The molecule has 1 heteroatoms. The Balaban J connectivity index is 2.44. The van der Waals surface area contributed by atoms with Gasteiger partial charge in [-0.1, -0.05) is 18.6 Å². The van der Waals surface area contributed by atoms with Crippen LogP contribution in [0.5, 0.6) is 0 Å². The summed E-state index contributed by atoms with van der Waals surface area (Å²) in [4.78, 5) is 0. The van der Waals surface area contributed by atoms with Crippen LogP contribution in [-0.4, -0.2) is 0 Å². The van der Waals surface area contributed by atoms with E-state index in [1.54, 1.807) is 0 Å². The zero-order valence-electron chi connectivity index (χ0n) is 6.34. The van der Waals surface area contributed by atoms with Crippen molar-refractivity contribution in [1.82, 2.24) is 0 Å². The summed E-state index contributed by atoms with van der Waals surface area (Å²) in [6, 6.07) is 0. The van der Waals surface area contributed by atoms with Crippen molar-refractivity contribution in [3.05, 3.63) is 23.9 Å². The fourth-order valence-corrected chi connectivity index (χ4v) is 1.14. The Morgan fingerprint density at radius 1 is 1.10 bits per heavy atom. The molecule has 0 saturated heterocycles. The molecule has 1 nitrogen and oxygen atoms in total. The van der Waals surface area contributed by atoms with E-state index in [9.17, 15) is 0 Å². The molecule has 0 aromatic rings. The summed E-state index contributed by atoms with van der Waals surface area (Å²) in [7, 11) is 0. The first-order valence-electron chi connectivity index (χ1n) is 4.02. The Bertz CT molecular complexity index is 145. The molecule has 0 aliphatic heterocycles. The van der Waals surface area contributed by atoms with Crippen molar-refractivity contribution < 1.29 is 0 Å². The van der Waals surface area contributed by atoms with Crippen LogP contribution >= 0.6 is 0 Å². The second kappa shape index (κ2) is 4.15. The van der Waals surface area contributed by atoms with Crippen LogP contribution in [0.1, 0.15) is 32.1 Å². The van der Waals surface area contributed by atoms with Crippen molar-refractivity contribution in [3.8, 4) is 0 Å².